The number of anilines is 1. The quantitative estimate of drug-likeness (QED) is 0.499. The van der Waals surface area contributed by atoms with E-state index in [9.17, 15) is 8.42 Å². The van der Waals surface area contributed by atoms with Crippen LogP contribution in [0.1, 0.15) is 11.4 Å². The number of hydrogen-bond acceptors (Lipinski definition) is 7. The van der Waals surface area contributed by atoms with Gasteiger partial charge in [-0.2, -0.15) is 10.2 Å². The Bertz CT molecular complexity index is 1210. The van der Waals surface area contributed by atoms with Gasteiger partial charge in [0.15, 0.2) is 5.82 Å². The lowest BCUT2D eigenvalue weighted by atomic mass is 10.3. The predicted octanol–water partition coefficient (Wildman–Crippen LogP) is 2.60. The Balaban J connectivity index is 1.50. The van der Waals surface area contributed by atoms with E-state index >= 15 is 0 Å². The molecule has 2 N–H and O–H groups in total. The highest BCUT2D eigenvalue weighted by Gasteiger charge is 2.22. The first-order valence-corrected chi connectivity index (χ1v) is 10.0. The number of benzene rings is 1. The molecular formula is C18H17N7O3S. The summed E-state index contributed by atoms with van der Waals surface area (Å²) in [5.41, 5.74) is 1.29. The lowest BCUT2D eigenvalue weighted by Crippen LogP contribution is -2.14. The highest BCUT2D eigenvalue weighted by Crippen LogP contribution is 2.25. The van der Waals surface area contributed by atoms with Crippen molar-refractivity contribution in [1.82, 2.24) is 29.9 Å². The van der Waals surface area contributed by atoms with E-state index in [1.165, 1.54) is 6.33 Å². The molecule has 10 nitrogen and oxygen atoms in total. The van der Waals surface area contributed by atoms with Gasteiger partial charge in [0.1, 0.15) is 17.0 Å². The van der Waals surface area contributed by atoms with Gasteiger partial charge in [0.2, 0.25) is 5.88 Å². The summed E-state index contributed by atoms with van der Waals surface area (Å²) in [4.78, 5) is 8.37. The van der Waals surface area contributed by atoms with Crippen LogP contribution in [-0.2, 0) is 10.0 Å². The van der Waals surface area contributed by atoms with Crippen molar-refractivity contribution in [1.29, 1.82) is 0 Å². The predicted molar refractivity (Wildman–Crippen MR) is 105 cm³/mol. The Morgan fingerprint density at radius 3 is 2.59 bits per heavy atom. The molecule has 11 heteroatoms. The van der Waals surface area contributed by atoms with Crippen LogP contribution in [0.2, 0.25) is 0 Å². The van der Waals surface area contributed by atoms with Crippen molar-refractivity contribution in [2.24, 2.45) is 0 Å². The molecule has 0 radical (unpaired) electrons. The molecule has 3 heterocycles. The van der Waals surface area contributed by atoms with E-state index in [-0.39, 0.29) is 4.90 Å². The van der Waals surface area contributed by atoms with Crippen molar-refractivity contribution in [2.45, 2.75) is 18.7 Å². The molecule has 3 aromatic heterocycles. The second kappa shape index (κ2) is 7.36. The Hall–Kier alpha value is -3.73. The maximum absolute atomic E-state index is 12.6. The van der Waals surface area contributed by atoms with Crippen molar-refractivity contribution >= 4 is 15.7 Å². The van der Waals surface area contributed by atoms with Gasteiger partial charge in [0.05, 0.1) is 11.4 Å². The van der Waals surface area contributed by atoms with E-state index in [0.717, 1.165) is 0 Å². The van der Waals surface area contributed by atoms with Gasteiger partial charge in [-0.25, -0.2) is 23.1 Å². The topological polar surface area (TPSA) is 128 Å². The van der Waals surface area contributed by atoms with Crippen LogP contribution in [0.3, 0.4) is 0 Å². The van der Waals surface area contributed by atoms with E-state index in [2.05, 4.69) is 30.0 Å². The third kappa shape index (κ3) is 3.94. The average Bonchev–Trinajstić information content (AvgIpc) is 3.34. The van der Waals surface area contributed by atoms with Gasteiger partial charge in [-0.15, -0.1) is 0 Å². The second-order valence-electron chi connectivity index (χ2n) is 6.16. The van der Waals surface area contributed by atoms with Crippen LogP contribution in [0.25, 0.3) is 5.82 Å². The van der Waals surface area contributed by atoms with Crippen LogP contribution in [0.5, 0.6) is 11.6 Å². The summed E-state index contributed by atoms with van der Waals surface area (Å²) in [6.07, 6.45) is 4.79. The first-order valence-electron chi connectivity index (χ1n) is 8.57. The molecule has 0 fully saturated rings. The fourth-order valence-electron chi connectivity index (χ4n) is 2.77. The van der Waals surface area contributed by atoms with Crippen LogP contribution < -0.4 is 9.46 Å². The zero-order chi connectivity index (χ0) is 20.4. The molecular weight excluding hydrogens is 394 g/mol. The zero-order valence-corrected chi connectivity index (χ0v) is 16.4. The molecule has 148 valence electrons. The van der Waals surface area contributed by atoms with Gasteiger partial charge in [-0.1, -0.05) is 0 Å². The molecule has 0 aliphatic rings. The molecule has 1 aromatic carbocycles. The molecule has 0 unspecified atom stereocenters. The summed E-state index contributed by atoms with van der Waals surface area (Å²) in [6.45, 7) is 3.29. The maximum atomic E-state index is 12.6. The van der Waals surface area contributed by atoms with E-state index in [1.54, 1.807) is 67.3 Å². The van der Waals surface area contributed by atoms with Gasteiger partial charge >= 0.3 is 0 Å². The summed E-state index contributed by atoms with van der Waals surface area (Å²) in [6, 6.07) is 9.93. The summed E-state index contributed by atoms with van der Waals surface area (Å²) < 4.78 is 35.1. The Labute approximate surface area is 166 Å². The second-order valence-corrected chi connectivity index (χ2v) is 7.78. The molecule has 0 amide bonds. The highest BCUT2D eigenvalue weighted by molar-refractivity contribution is 7.92. The number of aromatic nitrogens is 6. The van der Waals surface area contributed by atoms with Gasteiger partial charge in [0.25, 0.3) is 10.0 Å². The molecule has 0 aliphatic carbocycles. The number of rotatable bonds is 6. The standard InChI is InChI=1S/C18H17N7O3S/c1-12-18(13(2)23-22-12)29(26,27)24-14-4-6-15(7-5-14)28-17-10-16(19-11-20-17)25-9-3-8-21-25/h3-11,24H,1-2H3,(H,22,23). The Kier molecular flexibility index (Phi) is 4.72. The van der Waals surface area contributed by atoms with Gasteiger partial charge in [-0.05, 0) is 44.2 Å². The van der Waals surface area contributed by atoms with Crippen LogP contribution in [0.4, 0.5) is 5.69 Å². The molecule has 4 aromatic rings. The van der Waals surface area contributed by atoms with Gasteiger partial charge in [-0.3, -0.25) is 9.82 Å². The largest absolute Gasteiger partial charge is 0.439 e. The Morgan fingerprint density at radius 1 is 1.14 bits per heavy atom. The highest BCUT2D eigenvalue weighted by atomic mass is 32.2. The van der Waals surface area contributed by atoms with Crippen LogP contribution in [0, 0.1) is 13.8 Å². The van der Waals surface area contributed by atoms with Crippen LogP contribution in [0.15, 0.2) is 60.0 Å². The number of hydrogen-bond donors (Lipinski definition) is 2. The molecule has 29 heavy (non-hydrogen) atoms. The zero-order valence-electron chi connectivity index (χ0n) is 15.6. The third-order valence-corrected chi connectivity index (χ3v) is 5.67. The summed E-state index contributed by atoms with van der Waals surface area (Å²) in [5.74, 6) is 1.40. The van der Waals surface area contributed by atoms with Crippen molar-refractivity contribution in [2.75, 3.05) is 4.72 Å². The third-order valence-electron chi connectivity index (χ3n) is 4.02. The van der Waals surface area contributed by atoms with E-state index in [0.29, 0.717) is 34.5 Å². The van der Waals surface area contributed by atoms with Crippen molar-refractivity contribution in [3.8, 4) is 17.4 Å². The summed E-state index contributed by atoms with van der Waals surface area (Å²) >= 11 is 0. The van der Waals surface area contributed by atoms with E-state index in [1.807, 2.05) is 0 Å². The maximum Gasteiger partial charge on any atom is 0.265 e. The molecule has 4 rings (SSSR count). The number of nitrogens with zero attached hydrogens (tertiary/aromatic N) is 5. The van der Waals surface area contributed by atoms with Gasteiger partial charge in [0, 0.05) is 24.1 Å². The van der Waals surface area contributed by atoms with E-state index in [4.69, 9.17) is 4.74 Å². The number of aromatic amines is 1. The lowest BCUT2D eigenvalue weighted by Gasteiger charge is -2.10. The fraction of sp³-hybridized carbons (Fsp3) is 0.111. The monoisotopic (exact) mass is 411 g/mol. The molecule has 0 spiro atoms. The molecule has 0 saturated carbocycles. The van der Waals surface area contributed by atoms with Crippen molar-refractivity contribution < 1.29 is 13.2 Å². The fourth-order valence-corrected chi connectivity index (χ4v) is 4.20. The average molecular weight is 411 g/mol. The first-order chi connectivity index (χ1) is 13.9. The van der Waals surface area contributed by atoms with Gasteiger partial charge < -0.3 is 4.74 Å². The van der Waals surface area contributed by atoms with Crippen molar-refractivity contribution in [3.63, 3.8) is 0 Å². The van der Waals surface area contributed by atoms with Crippen LogP contribution >= 0.6 is 0 Å². The molecule has 0 atom stereocenters. The minimum absolute atomic E-state index is 0.143. The number of H-pyrrole nitrogens is 1. The van der Waals surface area contributed by atoms with E-state index < -0.39 is 10.0 Å². The summed E-state index contributed by atoms with van der Waals surface area (Å²) in [7, 11) is -3.75. The molecule has 0 saturated heterocycles. The van der Waals surface area contributed by atoms with Crippen LogP contribution in [-0.4, -0.2) is 38.4 Å². The lowest BCUT2D eigenvalue weighted by molar-refractivity contribution is 0.460. The number of sulfonamides is 1. The number of ether oxygens (including phenoxy) is 1. The Morgan fingerprint density at radius 2 is 1.93 bits per heavy atom. The number of aryl methyl sites for hydroxylation is 2. The van der Waals surface area contributed by atoms with Crippen molar-refractivity contribution in [3.05, 3.63) is 66.5 Å². The SMILES string of the molecule is Cc1n[nH]c(C)c1S(=O)(=O)Nc1ccc(Oc2cc(-n3cccn3)ncn2)cc1. The molecule has 0 aliphatic heterocycles. The minimum Gasteiger partial charge on any atom is -0.439 e. The minimum atomic E-state index is -3.75. The normalized spacial score (nSPS) is 11.4. The smallest absolute Gasteiger partial charge is 0.265 e. The first kappa shape index (κ1) is 18.6. The summed E-state index contributed by atoms with van der Waals surface area (Å²) in [5, 5.41) is 10.7. The number of nitrogens with one attached hydrogen (secondary N) is 2. The molecule has 0 bridgehead atoms.